The molecule has 10 nitrogen and oxygen atoms in total. The number of piperidine rings is 1. The van der Waals surface area contributed by atoms with Crippen LogP contribution in [0.5, 0.6) is 0 Å². The lowest BCUT2D eigenvalue weighted by Gasteiger charge is -2.41. The Morgan fingerprint density at radius 1 is 1.08 bits per heavy atom. The van der Waals surface area contributed by atoms with Crippen LogP contribution < -0.4 is 0 Å². The molecule has 2 aliphatic rings. The van der Waals surface area contributed by atoms with Crippen molar-refractivity contribution in [3.63, 3.8) is 0 Å². The van der Waals surface area contributed by atoms with Crippen LogP contribution >= 0.6 is 22.9 Å². The van der Waals surface area contributed by atoms with Crippen molar-refractivity contribution >= 4 is 56.2 Å². The van der Waals surface area contributed by atoms with Gasteiger partial charge in [0, 0.05) is 35.0 Å². The lowest BCUT2D eigenvalue weighted by atomic mass is 9.86. The Labute approximate surface area is 288 Å². The fourth-order valence-corrected chi connectivity index (χ4v) is 8.23. The maximum Gasteiger partial charge on any atom is 0.337 e. The van der Waals surface area contributed by atoms with Crippen molar-refractivity contribution in [3.8, 4) is 21.8 Å². The number of carboxylic acids is 1. The maximum atomic E-state index is 12.8. The molecule has 250 valence electrons. The Morgan fingerprint density at radius 3 is 2.40 bits per heavy atom. The number of carbonyl (C=O) groups excluding carboxylic acids is 1. The zero-order valence-corrected chi connectivity index (χ0v) is 29.4. The number of fused-ring (bicyclic) bond motifs is 2. The molecule has 0 bridgehead atoms. The van der Waals surface area contributed by atoms with E-state index in [0.717, 1.165) is 53.0 Å². The van der Waals surface area contributed by atoms with Crippen LogP contribution in [-0.4, -0.2) is 71.3 Å². The predicted molar refractivity (Wildman–Crippen MR) is 188 cm³/mol. The number of nitrogens with zero attached hydrogens (tertiary/aromatic N) is 6. The number of thiazole rings is 1. The average molecular weight is 687 g/mol. The first-order chi connectivity index (χ1) is 22.9. The second kappa shape index (κ2) is 12.6. The SMILES string of the molecule is CC(=O)n1nc2ncc(-c3nc4cc(C)c([C@H](OC(C)(C)C)C(=O)O)c(-c5ccc(Cl)cc5)c4s3)nc2c1C1CCN(C2CCC2)CC1. The van der Waals surface area contributed by atoms with Crippen LogP contribution in [0.4, 0.5) is 0 Å². The van der Waals surface area contributed by atoms with E-state index in [1.54, 1.807) is 18.3 Å². The summed E-state index contributed by atoms with van der Waals surface area (Å²) in [5.74, 6) is -1.08. The van der Waals surface area contributed by atoms with E-state index in [1.807, 2.05) is 45.9 Å². The molecule has 4 heterocycles. The lowest BCUT2D eigenvalue weighted by molar-refractivity contribution is -0.160. The minimum absolute atomic E-state index is 0.146. The zero-order valence-electron chi connectivity index (χ0n) is 27.8. The van der Waals surface area contributed by atoms with Crippen molar-refractivity contribution in [2.75, 3.05) is 13.1 Å². The zero-order chi connectivity index (χ0) is 33.9. The molecule has 1 aliphatic carbocycles. The van der Waals surface area contributed by atoms with Crippen LogP contribution in [-0.2, 0) is 9.53 Å². The highest BCUT2D eigenvalue weighted by atomic mass is 35.5. The molecule has 1 atom stereocenters. The molecule has 48 heavy (non-hydrogen) atoms. The first kappa shape index (κ1) is 32.8. The number of carbonyl (C=O) groups is 2. The van der Waals surface area contributed by atoms with E-state index in [4.69, 9.17) is 26.3 Å². The molecule has 2 fully saturated rings. The highest BCUT2D eigenvalue weighted by Crippen LogP contribution is 2.44. The number of rotatable bonds is 7. The van der Waals surface area contributed by atoms with E-state index in [0.29, 0.717) is 44.0 Å². The fraction of sp³-hybridized carbons (Fsp3) is 0.444. The first-order valence-corrected chi connectivity index (χ1v) is 17.7. The van der Waals surface area contributed by atoms with Gasteiger partial charge in [0.05, 0.1) is 27.7 Å². The minimum atomic E-state index is -1.21. The topological polar surface area (TPSA) is 123 Å². The summed E-state index contributed by atoms with van der Waals surface area (Å²) >= 11 is 7.69. The van der Waals surface area contributed by atoms with Gasteiger partial charge in [0.2, 0.25) is 11.6 Å². The molecule has 3 aromatic heterocycles. The second-order valence-corrected chi connectivity index (χ2v) is 15.4. The first-order valence-electron chi connectivity index (χ1n) is 16.5. The molecule has 1 saturated heterocycles. The predicted octanol–water partition coefficient (Wildman–Crippen LogP) is 8.06. The second-order valence-electron chi connectivity index (χ2n) is 13.9. The number of halogens is 1. The van der Waals surface area contributed by atoms with Crippen molar-refractivity contribution < 1.29 is 19.4 Å². The maximum absolute atomic E-state index is 12.8. The quantitative estimate of drug-likeness (QED) is 0.181. The number of aromatic nitrogens is 5. The third kappa shape index (κ3) is 6.13. The Morgan fingerprint density at radius 2 is 1.79 bits per heavy atom. The van der Waals surface area contributed by atoms with Gasteiger partial charge in [0.1, 0.15) is 16.2 Å². The molecule has 7 rings (SSSR count). The molecule has 0 unspecified atom stereocenters. The molecular weight excluding hydrogens is 648 g/mol. The van der Waals surface area contributed by atoms with Crippen LogP contribution in [0.2, 0.25) is 5.02 Å². The number of hydrogen-bond donors (Lipinski definition) is 1. The Hall–Kier alpha value is -3.77. The Kier molecular flexibility index (Phi) is 8.60. The smallest absolute Gasteiger partial charge is 0.337 e. The van der Waals surface area contributed by atoms with Gasteiger partial charge < -0.3 is 14.7 Å². The highest BCUT2D eigenvalue weighted by molar-refractivity contribution is 7.22. The molecule has 0 amide bonds. The average Bonchev–Trinajstić information content (AvgIpc) is 3.60. The molecule has 5 aromatic rings. The molecular formula is C36H39ClN6O4S. The van der Waals surface area contributed by atoms with E-state index in [9.17, 15) is 14.7 Å². The number of benzene rings is 2. The Balaban J connectivity index is 1.36. The van der Waals surface area contributed by atoms with Crippen LogP contribution in [0.25, 0.3) is 43.2 Å². The van der Waals surface area contributed by atoms with Crippen LogP contribution in [0.15, 0.2) is 36.5 Å². The molecule has 12 heteroatoms. The standard InChI is InChI=1S/C36H39ClN6O4S/c1-19-17-25-32(28(21-9-11-23(37)12-10-21)27(19)31(35(45)46)47-36(3,4)5)48-34(40-25)26-18-38-33-29(39-26)30(43(41-33)20(2)44)22-13-15-42(16-14-22)24-7-6-8-24/h9-12,17-18,22,24,31H,6-8,13-16H2,1-5H3,(H,45,46)/t31-/m0/s1. The van der Waals surface area contributed by atoms with Gasteiger partial charge in [-0.25, -0.2) is 24.4 Å². The van der Waals surface area contributed by atoms with E-state index in [-0.39, 0.29) is 11.8 Å². The monoisotopic (exact) mass is 686 g/mol. The van der Waals surface area contributed by atoms with Crippen molar-refractivity contribution in [1.29, 1.82) is 0 Å². The number of aryl methyl sites for hydroxylation is 1. The minimum Gasteiger partial charge on any atom is -0.479 e. The molecule has 2 aromatic carbocycles. The van der Waals surface area contributed by atoms with Gasteiger partial charge in [-0.05, 0) is 95.8 Å². The molecule has 1 N–H and O–H groups in total. The van der Waals surface area contributed by atoms with Gasteiger partial charge in [-0.2, -0.15) is 0 Å². The molecule has 0 radical (unpaired) electrons. The summed E-state index contributed by atoms with van der Waals surface area (Å²) < 4.78 is 8.46. The number of hydrogen-bond acceptors (Lipinski definition) is 9. The van der Waals surface area contributed by atoms with E-state index >= 15 is 0 Å². The summed E-state index contributed by atoms with van der Waals surface area (Å²) in [5.41, 5.74) is 5.34. The third-order valence-corrected chi connectivity index (χ3v) is 10.8. The highest BCUT2D eigenvalue weighted by Gasteiger charge is 2.34. The number of carboxylic acid groups (broad SMARTS) is 1. The normalized spacial score (nSPS) is 17.2. The van der Waals surface area contributed by atoms with E-state index < -0.39 is 17.7 Å². The van der Waals surface area contributed by atoms with Crippen molar-refractivity contribution in [1.82, 2.24) is 29.6 Å². The van der Waals surface area contributed by atoms with Crippen molar-refractivity contribution in [2.45, 2.75) is 90.4 Å². The van der Waals surface area contributed by atoms with E-state index in [2.05, 4.69) is 15.0 Å². The largest absolute Gasteiger partial charge is 0.479 e. The number of likely N-dealkylation sites (tertiary alicyclic amines) is 1. The molecule has 1 saturated carbocycles. The van der Waals surface area contributed by atoms with Gasteiger partial charge in [-0.15, -0.1) is 16.4 Å². The molecule has 0 spiro atoms. The fourth-order valence-electron chi connectivity index (χ4n) is 7.02. The summed E-state index contributed by atoms with van der Waals surface area (Å²) in [6.45, 7) is 10.9. The van der Waals surface area contributed by atoms with Crippen molar-refractivity contribution in [3.05, 3.63) is 58.4 Å². The summed E-state index contributed by atoms with van der Waals surface area (Å²) in [6.07, 6.45) is 6.17. The summed E-state index contributed by atoms with van der Waals surface area (Å²) in [7, 11) is 0. The number of ether oxygens (including phenoxy) is 1. The van der Waals surface area contributed by atoms with Crippen LogP contribution in [0.1, 0.15) is 93.4 Å². The van der Waals surface area contributed by atoms with Gasteiger partial charge in [-0.1, -0.05) is 30.2 Å². The number of aliphatic carboxylic acids is 1. The summed E-state index contributed by atoms with van der Waals surface area (Å²) in [5, 5.41) is 16.2. The van der Waals surface area contributed by atoms with Gasteiger partial charge >= 0.3 is 5.97 Å². The lowest BCUT2D eigenvalue weighted by Crippen LogP contribution is -2.44. The van der Waals surface area contributed by atoms with Gasteiger partial charge in [0.25, 0.3) is 0 Å². The van der Waals surface area contributed by atoms with Crippen LogP contribution in [0.3, 0.4) is 0 Å². The van der Waals surface area contributed by atoms with Crippen molar-refractivity contribution in [2.24, 2.45) is 0 Å². The van der Waals surface area contributed by atoms with Gasteiger partial charge in [0.15, 0.2) is 6.10 Å². The summed E-state index contributed by atoms with van der Waals surface area (Å²) in [4.78, 5) is 42.8. The van der Waals surface area contributed by atoms with Crippen LogP contribution in [0, 0.1) is 6.92 Å². The van der Waals surface area contributed by atoms with Gasteiger partial charge in [-0.3, -0.25) is 4.79 Å². The summed E-state index contributed by atoms with van der Waals surface area (Å²) in [6, 6.07) is 9.97. The Bertz CT molecular complexity index is 2040. The molecule has 1 aliphatic heterocycles. The van der Waals surface area contributed by atoms with E-state index in [1.165, 1.54) is 42.2 Å². The third-order valence-electron chi connectivity index (χ3n) is 9.46.